The number of fused-ring (bicyclic) bond motifs is 4. The Hall–Kier alpha value is -3.59. The summed E-state index contributed by atoms with van der Waals surface area (Å²) in [5, 5.41) is 21.5. The lowest BCUT2D eigenvalue weighted by Gasteiger charge is -2.34. The summed E-state index contributed by atoms with van der Waals surface area (Å²) in [6, 6.07) is 9.52. The largest absolute Gasteiger partial charge is 0.493 e. The zero-order valence-electron chi connectivity index (χ0n) is 21.7. The highest BCUT2D eigenvalue weighted by Gasteiger charge is 2.35. The van der Waals surface area contributed by atoms with Gasteiger partial charge in [-0.25, -0.2) is 9.78 Å². The van der Waals surface area contributed by atoms with Crippen molar-refractivity contribution in [1.82, 2.24) is 9.55 Å². The number of imidazole rings is 1. The number of carboxylic acids is 1. The van der Waals surface area contributed by atoms with Crippen molar-refractivity contribution in [2.24, 2.45) is 5.92 Å². The molecule has 9 nitrogen and oxygen atoms in total. The Morgan fingerprint density at radius 3 is 2.79 bits per heavy atom. The van der Waals surface area contributed by atoms with E-state index in [4.69, 9.17) is 14.5 Å². The van der Waals surface area contributed by atoms with Crippen LogP contribution in [0.4, 0.5) is 10.5 Å². The molecule has 2 aromatic carbocycles. The second-order valence-electron chi connectivity index (χ2n) is 10.7. The number of carbonyl (C=O) groups excluding carboxylic acids is 1. The smallest absolute Gasteiger partial charge is 0.414 e. The van der Waals surface area contributed by atoms with Gasteiger partial charge in [-0.05, 0) is 74.4 Å². The van der Waals surface area contributed by atoms with Gasteiger partial charge in [-0.1, -0.05) is 12.5 Å². The van der Waals surface area contributed by atoms with Crippen LogP contribution in [0.15, 0.2) is 30.3 Å². The minimum Gasteiger partial charge on any atom is -0.493 e. The van der Waals surface area contributed by atoms with Crippen molar-refractivity contribution < 1.29 is 29.3 Å². The van der Waals surface area contributed by atoms with Gasteiger partial charge in [-0.2, -0.15) is 0 Å². The number of aliphatic hydroxyl groups is 1. The SMILES string of the molecule is COC(=O)N1c2ccc3c(nc([C@@H](O)c4ccc5c(c4)CCO5)n3[C@@H]3CCC[C@@H](C(=O)O)C3)c2CC[C@@H]1C. The van der Waals surface area contributed by atoms with Crippen LogP contribution in [0.3, 0.4) is 0 Å². The van der Waals surface area contributed by atoms with Gasteiger partial charge < -0.3 is 24.3 Å². The zero-order valence-corrected chi connectivity index (χ0v) is 21.7. The quantitative estimate of drug-likeness (QED) is 0.510. The van der Waals surface area contributed by atoms with E-state index in [9.17, 15) is 19.8 Å². The second-order valence-corrected chi connectivity index (χ2v) is 10.7. The van der Waals surface area contributed by atoms with Crippen LogP contribution in [0.2, 0.25) is 0 Å². The molecule has 200 valence electrons. The summed E-state index contributed by atoms with van der Waals surface area (Å²) in [6.45, 7) is 2.64. The molecule has 2 aliphatic heterocycles. The normalized spacial score (nSPS) is 23.4. The Morgan fingerprint density at radius 2 is 2.00 bits per heavy atom. The number of methoxy groups -OCH3 is 1. The van der Waals surface area contributed by atoms with E-state index in [1.165, 1.54) is 7.11 Å². The molecule has 3 heterocycles. The molecule has 0 unspecified atom stereocenters. The second kappa shape index (κ2) is 9.62. The maximum Gasteiger partial charge on any atom is 0.414 e. The number of nitrogens with zero attached hydrogens (tertiary/aromatic N) is 3. The van der Waals surface area contributed by atoms with E-state index in [-0.39, 0.29) is 12.1 Å². The topological polar surface area (TPSA) is 114 Å². The van der Waals surface area contributed by atoms with Crippen molar-refractivity contribution >= 4 is 28.8 Å². The van der Waals surface area contributed by atoms with E-state index < -0.39 is 24.1 Å². The molecule has 1 saturated carbocycles. The van der Waals surface area contributed by atoms with Crippen LogP contribution < -0.4 is 9.64 Å². The number of aromatic nitrogens is 2. The number of rotatable bonds is 4. The molecule has 2 N–H and O–H groups in total. The van der Waals surface area contributed by atoms with E-state index in [1.807, 2.05) is 37.3 Å². The van der Waals surface area contributed by atoms with E-state index in [0.29, 0.717) is 25.3 Å². The van der Waals surface area contributed by atoms with E-state index in [2.05, 4.69) is 4.57 Å². The van der Waals surface area contributed by atoms with Gasteiger partial charge in [0.1, 0.15) is 17.7 Å². The first-order valence-electron chi connectivity index (χ1n) is 13.4. The summed E-state index contributed by atoms with van der Waals surface area (Å²) in [4.78, 5) is 31.3. The molecular formula is C29H33N3O6. The first-order valence-corrected chi connectivity index (χ1v) is 13.4. The zero-order chi connectivity index (χ0) is 26.6. The Bertz CT molecular complexity index is 1420. The summed E-state index contributed by atoms with van der Waals surface area (Å²) in [6.07, 6.45) is 3.66. The van der Waals surface area contributed by atoms with Gasteiger partial charge in [-0.15, -0.1) is 0 Å². The van der Waals surface area contributed by atoms with Crippen molar-refractivity contribution in [3.05, 3.63) is 52.8 Å². The van der Waals surface area contributed by atoms with Crippen molar-refractivity contribution in [1.29, 1.82) is 0 Å². The van der Waals surface area contributed by atoms with Gasteiger partial charge in [-0.3, -0.25) is 9.69 Å². The molecule has 6 rings (SSSR count). The van der Waals surface area contributed by atoms with Crippen LogP contribution in [0.25, 0.3) is 11.0 Å². The molecule has 38 heavy (non-hydrogen) atoms. The molecule has 0 radical (unpaired) electrons. The fourth-order valence-electron chi connectivity index (χ4n) is 6.52. The Balaban J connectivity index is 1.51. The van der Waals surface area contributed by atoms with Crippen LogP contribution in [-0.2, 0) is 22.4 Å². The number of carbonyl (C=O) groups is 2. The van der Waals surface area contributed by atoms with Crippen molar-refractivity contribution in [3.63, 3.8) is 0 Å². The van der Waals surface area contributed by atoms with Gasteiger partial charge >= 0.3 is 12.1 Å². The van der Waals surface area contributed by atoms with Gasteiger partial charge in [0.25, 0.3) is 0 Å². The highest BCUT2D eigenvalue weighted by atomic mass is 16.5. The average molecular weight is 520 g/mol. The molecule has 0 saturated heterocycles. The number of ether oxygens (including phenoxy) is 2. The molecule has 3 aromatic rings. The van der Waals surface area contributed by atoms with Crippen LogP contribution in [0.1, 0.15) is 73.7 Å². The number of hydrogen-bond donors (Lipinski definition) is 2. The third-order valence-electron chi connectivity index (χ3n) is 8.49. The lowest BCUT2D eigenvalue weighted by molar-refractivity contribution is -0.143. The molecule has 4 atom stereocenters. The molecule has 1 fully saturated rings. The number of benzene rings is 2. The predicted molar refractivity (Wildman–Crippen MR) is 141 cm³/mol. The van der Waals surface area contributed by atoms with E-state index in [0.717, 1.165) is 71.3 Å². The first-order chi connectivity index (χ1) is 18.4. The lowest BCUT2D eigenvalue weighted by Crippen LogP contribution is -2.42. The van der Waals surface area contributed by atoms with Gasteiger partial charge in [0.15, 0.2) is 0 Å². The number of carboxylic acid groups (broad SMARTS) is 1. The van der Waals surface area contributed by atoms with Gasteiger partial charge in [0.2, 0.25) is 0 Å². The molecule has 9 heteroatoms. The van der Waals surface area contributed by atoms with Crippen LogP contribution in [-0.4, -0.2) is 51.6 Å². The number of amides is 1. The average Bonchev–Trinajstić information content (AvgIpc) is 3.56. The summed E-state index contributed by atoms with van der Waals surface area (Å²) < 4.78 is 12.8. The molecule has 0 spiro atoms. The maximum atomic E-state index is 12.7. The Kier molecular flexibility index (Phi) is 6.26. The van der Waals surface area contributed by atoms with Crippen LogP contribution in [0.5, 0.6) is 5.75 Å². The number of hydrogen-bond acceptors (Lipinski definition) is 6. The Labute approximate surface area is 221 Å². The predicted octanol–water partition coefficient (Wildman–Crippen LogP) is 4.78. The summed E-state index contributed by atoms with van der Waals surface area (Å²) in [5.41, 5.74) is 5.13. The van der Waals surface area contributed by atoms with Crippen molar-refractivity contribution in [2.75, 3.05) is 18.6 Å². The van der Waals surface area contributed by atoms with Crippen molar-refractivity contribution in [2.45, 2.75) is 70.1 Å². The highest BCUT2D eigenvalue weighted by molar-refractivity contribution is 5.95. The monoisotopic (exact) mass is 519 g/mol. The third kappa shape index (κ3) is 4.00. The molecule has 1 amide bonds. The van der Waals surface area contributed by atoms with E-state index in [1.54, 1.807) is 4.90 Å². The first kappa shape index (κ1) is 24.7. The number of aliphatic carboxylic acids is 1. The fraction of sp³-hybridized carbons (Fsp3) is 0.483. The molecular weight excluding hydrogens is 486 g/mol. The summed E-state index contributed by atoms with van der Waals surface area (Å²) in [5.74, 6) is 0.144. The number of anilines is 1. The van der Waals surface area contributed by atoms with Gasteiger partial charge in [0, 0.05) is 24.1 Å². The third-order valence-corrected chi connectivity index (χ3v) is 8.49. The molecule has 0 bridgehead atoms. The van der Waals surface area contributed by atoms with Crippen LogP contribution in [0, 0.1) is 5.92 Å². The molecule has 1 aliphatic carbocycles. The lowest BCUT2D eigenvalue weighted by atomic mass is 9.85. The Morgan fingerprint density at radius 1 is 1.16 bits per heavy atom. The van der Waals surface area contributed by atoms with Crippen molar-refractivity contribution in [3.8, 4) is 5.75 Å². The highest BCUT2D eigenvalue weighted by Crippen LogP contribution is 2.42. The maximum absolute atomic E-state index is 12.7. The minimum atomic E-state index is -0.992. The number of aliphatic hydroxyl groups excluding tert-OH is 1. The van der Waals surface area contributed by atoms with Crippen LogP contribution >= 0.6 is 0 Å². The summed E-state index contributed by atoms with van der Waals surface area (Å²) in [7, 11) is 1.38. The standard InChI is InChI=1S/C29H33N3O6/c1-16-6-8-21-22(31(16)29(36)37-2)9-10-23-25(21)30-27(32(23)20-5-3-4-19(15-20)28(34)35)26(33)18-7-11-24-17(14-18)12-13-38-24/h7,9-11,14,16,19-20,26,33H,3-6,8,12-13,15H2,1-2H3,(H,34,35)/t16-,19+,20+,26-/m0/s1. The fourth-order valence-corrected chi connectivity index (χ4v) is 6.52. The minimum absolute atomic E-state index is 0.0113. The molecule has 3 aliphatic rings. The molecule has 1 aromatic heterocycles. The van der Waals surface area contributed by atoms with Gasteiger partial charge in [0.05, 0.1) is 36.4 Å². The number of aryl methyl sites for hydroxylation is 1. The summed E-state index contributed by atoms with van der Waals surface area (Å²) >= 11 is 0. The van der Waals surface area contributed by atoms with E-state index >= 15 is 0 Å².